The summed E-state index contributed by atoms with van der Waals surface area (Å²) in [4.78, 5) is 12.6. The number of nitrogens with one attached hydrogen (secondary N) is 1. The Labute approximate surface area is 98.5 Å². The second-order valence-corrected chi connectivity index (χ2v) is 4.16. The molecule has 1 aliphatic rings. The van der Waals surface area contributed by atoms with Crippen molar-refractivity contribution >= 4 is 0 Å². The van der Waals surface area contributed by atoms with E-state index < -0.39 is 0 Å². The summed E-state index contributed by atoms with van der Waals surface area (Å²) in [6, 6.07) is 2.40. The predicted molar refractivity (Wildman–Crippen MR) is 59.9 cm³/mol. The van der Waals surface area contributed by atoms with Crippen LogP contribution in [0.4, 0.5) is 0 Å². The van der Waals surface area contributed by atoms with Gasteiger partial charge in [0.15, 0.2) is 0 Å². The van der Waals surface area contributed by atoms with Crippen molar-refractivity contribution in [1.29, 1.82) is 0 Å². The topological polar surface area (TPSA) is 76.7 Å². The Morgan fingerprint density at radius 3 is 3.06 bits per heavy atom. The van der Waals surface area contributed by atoms with Crippen LogP contribution in [0.5, 0.6) is 0 Å². The third kappa shape index (κ3) is 2.47. The minimum absolute atomic E-state index is 0.517. The smallest absolute Gasteiger partial charge is 0.240 e. The SMILES string of the molecule is Cc1nccc(-c2noc(CNC3CC3)n2)n1. The first kappa shape index (κ1) is 10.3. The van der Waals surface area contributed by atoms with Gasteiger partial charge in [-0.15, -0.1) is 0 Å². The second-order valence-electron chi connectivity index (χ2n) is 4.16. The van der Waals surface area contributed by atoms with Crippen molar-refractivity contribution < 1.29 is 4.52 Å². The van der Waals surface area contributed by atoms with E-state index in [1.807, 2.05) is 6.92 Å². The molecule has 0 radical (unpaired) electrons. The van der Waals surface area contributed by atoms with Gasteiger partial charge in [-0.05, 0) is 25.8 Å². The fourth-order valence-electron chi connectivity index (χ4n) is 1.53. The fraction of sp³-hybridized carbons (Fsp3) is 0.455. The van der Waals surface area contributed by atoms with E-state index >= 15 is 0 Å². The highest BCUT2D eigenvalue weighted by Crippen LogP contribution is 2.19. The highest BCUT2D eigenvalue weighted by atomic mass is 16.5. The largest absolute Gasteiger partial charge is 0.337 e. The first-order valence-electron chi connectivity index (χ1n) is 5.67. The first-order chi connectivity index (χ1) is 8.31. The zero-order chi connectivity index (χ0) is 11.7. The van der Waals surface area contributed by atoms with Crippen LogP contribution in [0.2, 0.25) is 0 Å². The van der Waals surface area contributed by atoms with Crippen LogP contribution in [0.3, 0.4) is 0 Å². The molecule has 0 atom stereocenters. The molecule has 0 amide bonds. The Balaban J connectivity index is 1.74. The highest BCUT2D eigenvalue weighted by molar-refractivity contribution is 5.46. The standard InChI is InChI=1S/C11H13N5O/c1-7-12-5-4-9(14-7)11-15-10(17-16-11)6-13-8-2-3-8/h4-5,8,13H,2-3,6H2,1H3. The molecule has 1 saturated carbocycles. The zero-order valence-electron chi connectivity index (χ0n) is 9.55. The Morgan fingerprint density at radius 1 is 1.41 bits per heavy atom. The summed E-state index contributed by atoms with van der Waals surface area (Å²) in [6.45, 7) is 2.46. The van der Waals surface area contributed by atoms with E-state index in [-0.39, 0.29) is 0 Å². The molecule has 88 valence electrons. The van der Waals surface area contributed by atoms with Gasteiger partial charge in [-0.3, -0.25) is 0 Å². The molecule has 0 unspecified atom stereocenters. The highest BCUT2D eigenvalue weighted by Gasteiger charge is 2.21. The molecular formula is C11H13N5O. The van der Waals surface area contributed by atoms with Crippen LogP contribution >= 0.6 is 0 Å². The number of hydrogen-bond donors (Lipinski definition) is 1. The van der Waals surface area contributed by atoms with Crippen LogP contribution in [0.1, 0.15) is 24.6 Å². The average Bonchev–Trinajstić information content (AvgIpc) is 3.04. The van der Waals surface area contributed by atoms with Crippen LogP contribution in [-0.4, -0.2) is 26.2 Å². The van der Waals surface area contributed by atoms with Crippen molar-refractivity contribution in [3.05, 3.63) is 24.0 Å². The van der Waals surface area contributed by atoms with Gasteiger partial charge in [-0.2, -0.15) is 4.98 Å². The van der Waals surface area contributed by atoms with Crippen molar-refractivity contribution in [3.63, 3.8) is 0 Å². The van der Waals surface area contributed by atoms with E-state index in [2.05, 4.69) is 25.4 Å². The third-order valence-corrected chi connectivity index (χ3v) is 2.59. The molecule has 2 aromatic heterocycles. The Bertz CT molecular complexity index is 520. The number of aryl methyl sites for hydroxylation is 1. The van der Waals surface area contributed by atoms with Gasteiger partial charge in [-0.25, -0.2) is 9.97 Å². The number of rotatable bonds is 4. The maximum absolute atomic E-state index is 5.15. The van der Waals surface area contributed by atoms with Gasteiger partial charge in [0.2, 0.25) is 11.7 Å². The lowest BCUT2D eigenvalue weighted by atomic mass is 10.4. The van der Waals surface area contributed by atoms with Crippen molar-refractivity contribution in [1.82, 2.24) is 25.4 Å². The normalized spacial score (nSPS) is 15.1. The number of nitrogens with zero attached hydrogens (tertiary/aromatic N) is 4. The summed E-state index contributed by atoms with van der Waals surface area (Å²) in [5, 5.41) is 7.23. The van der Waals surface area contributed by atoms with Gasteiger partial charge >= 0.3 is 0 Å². The lowest BCUT2D eigenvalue weighted by Crippen LogP contribution is -2.15. The Kier molecular flexibility index (Phi) is 2.56. The van der Waals surface area contributed by atoms with Gasteiger partial charge in [0.05, 0.1) is 6.54 Å². The zero-order valence-corrected chi connectivity index (χ0v) is 9.55. The molecule has 0 aliphatic heterocycles. The van der Waals surface area contributed by atoms with Gasteiger partial charge in [-0.1, -0.05) is 5.16 Å². The first-order valence-corrected chi connectivity index (χ1v) is 5.67. The molecule has 6 nitrogen and oxygen atoms in total. The van der Waals surface area contributed by atoms with Crippen LogP contribution < -0.4 is 5.32 Å². The van der Waals surface area contributed by atoms with Crippen molar-refractivity contribution in [2.75, 3.05) is 0 Å². The molecule has 2 heterocycles. The molecule has 6 heteroatoms. The van der Waals surface area contributed by atoms with Crippen LogP contribution in [0.15, 0.2) is 16.8 Å². The van der Waals surface area contributed by atoms with Crippen LogP contribution in [0.25, 0.3) is 11.5 Å². The molecule has 3 rings (SSSR count). The summed E-state index contributed by atoms with van der Waals surface area (Å²) >= 11 is 0. The van der Waals surface area contributed by atoms with E-state index in [0.29, 0.717) is 35.8 Å². The molecule has 0 saturated heterocycles. The summed E-state index contributed by atoms with van der Waals surface area (Å²) in [5.74, 6) is 1.82. The third-order valence-electron chi connectivity index (χ3n) is 2.59. The number of hydrogen-bond acceptors (Lipinski definition) is 6. The van der Waals surface area contributed by atoms with E-state index in [1.54, 1.807) is 12.3 Å². The van der Waals surface area contributed by atoms with Gasteiger partial charge in [0.25, 0.3) is 0 Å². The molecule has 1 N–H and O–H groups in total. The quantitative estimate of drug-likeness (QED) is 0.848. The lowest BCUT2D eigenvalue weighted by molar-refractivity contribution is 0.367. The maximum atomic E-state index is 5.15. The summed E-state index contributed by atoms with van der Waals surface area (Å²) < 4.78 is 5.15. The van der Waals surface area contributed by atoms with Crippen molar-refractivity contribution in [3.8, 4) is 11.5 Å². The summed E-state index contributed by atoms with van der Waals surface area (Å²) in [6.07, 6.45) is 4.17. The molecule has 1 fully saturated rings. The molecule has 0 bridgehead atoms. The minimum Gasteiger partial charge on any atom is -0.337 e. The van der Waals surface area contributed by atoms with E-state index in [0.717, 1.165) is 0 Å². The van der Waals surface area contributed by atoms with E-state index in [1.165, 1.54) is 12.8 Å². The van der Waals surface area contributed by atoms with Crippen molar-refractivity contribution in [2.45, 2.75) is 32.4 Å². The van der Waals surface area contributed by atoms with Crippen LogP contribution in [-0.2, 0) is 6.54 Å². The van der Waals surface area contributed by atoms with E-state index in [4.69, 9.17) is 4.52 Å². The van der Waals surface area contributed by atoms with E-state index in [9.17, 15) is 0 Å². The minimum atomic E-state index is 0.517. The van der Waals surface area contributed by atoms with Gasteiger partial charge < -0.3 is 9.84 Å². The summed E-state index contributed by atoms with van der Waals surface area (Å²) in [7, 11) is 0. The van der Waals surface area contributed by atoms with Crippen molar-refractivity contribution in [2.24, 2.45) is 0 Å². The molecule has 2 aromatic rings. The molecule has 0 spiro atoms. The molecule has 1 aliphatic carbocycles. The molecule has 0 aromatic carbocycles. The van der Waals surface area contributed by atoms with Gasteiger partial charge in [0, 0.05) is 12.2 Å². The van der Waals surface area contributed by atoms with Gasteiger partial charge in [0.1, 0.15) is 11.5 Å². The molecular weight excluding hydrogens is 218 g/mol. The maximum Gasteiger partial charge on any atom is 0.240 e. The summed E-state index contributed by atoms with van der Waals surface area (Å²) in [5.41, 5.74) is 0.693. The second kappa shape index (κ2) is 4.21. The fourth-order valence-corrected chi connectivity index (χ4v) is 1.53. The predicted octanol–water partition coefficient (Wildman–Crippen LogP) is 1.09. The monoisotopic (exact) mass is 231 g/mol. The lowest BCUT2D eigenvalue weighted by Gasteiger charge is -1.95. The van der Waals surface area contributed by atoms with Crippen LogP contribution in [0, 0.1) is 6.92 Å². The Morgan fingerprint density at radius 2 is 2.29 bits per heavy atom. The molecule has 17 heavy (non-hydrogen) atoms. The number of aromatic nitrogens is 4. The average molecular weight is 231 g/mol. The Hall–Kier alpha value is -1.82.